The molecule has 2 heteroatoms. The van der Waals surface area contributed by atoms with Gasteiger partial charge >= 0.3 is 0 Å². The van der Waals surface area contributed by atoms with Crippen molar-refractivity contribution in [2.75, 3.05) is 0 Å². The average molecular weight is 237 g/mol. The fraction of sp³-hybridized carbons (Fsp3) is 0.933. The van der Waals surface area contributed by atoms with Gasteiger partial charge in [0.25, 0.3) is 0 Å². The van der Waals surface area contributed by atoms with Gasteiger partial charge in [-0.3, -0.25) is 4.79 Å². The van der Waals surface area contributed by atoms with Gasteiger partial charge in [-0.25, -0.2) is 0 Å². The first-order chi connectivity index (χ1) is 8.34. The highest BCUT2D eigenvalue weighted by Crippen LogP contribution is 2.27. The van der Waals surface area contributed by atoms with E-state index in [4.69, 9.17) is 0 Å². The topological polar surface area (TPSA) is 29.1 Å². The van der Waals surface area contributed by atoms with E-state index in [-0.39, 0.29) is 0 Å². The average Bonchev–Trinajstić information content (AvgIpc) is 2.74. The molecule has 0 heterocycles. The van der Waals surface area contributed by atoms with Gasteiger partial charge in [0.1, 0.15) is 0 Å². The van der Waals surface area contributed by atoms with Crippen LogP contribution in [0, 0.1) is 5.92 Å². The molecule has 0 atom stereocenters. The Morgan fingerprint density at radius 1 is 0.824 bits per heavy atom. The van der Waals surface area contributed by atoms with Crippen molar-refractivity contribution in [3.8, 4) is 0 Å². The predicted molar refractivity (Wildman–Crippen MR) is 70.8 cm³/mol. The standard InChI is InChI=1S/C15H27NO/c17-15(12-13-8-6-7-9-13)16-14-10-4-2-1-3-5-11-14/h13-14H,1-12H2,(H,16,17). The molecule has 0 aromatic carbocycles. The van der Waals surface area contributed by atoms with Crippen LogP contribution in [0.5, 0.6) is 0 Å². The SMILES string of the molecule is O=C(CC1CCCC1)NC1CCCCCCC1. The van der Waals surface area contributed by atoms with Gasteiger partial charge < -0.3 is 5.32 Å². The van der Waals surface area contributed by atoms with Crippen molar-refractivity contribution in [1.82, 2.24) is 5.32 Å². The molecular weight excluding hydrogens is 210 g/mol. The van der Waals surface area contributed by atoms with Crippen LogP contribution in [0.15, 0.2) is 0 Å². The third kappa shape index (κ3) is 4.69. The van der Waals surface area contributed by atoms with E-state index < -0.39 is 0 Å². The number of hydrogen-bond donors (Lipinski definition) is 1. The second-order valence-corrected chi connectivity index (χ2v) is 5.96. The zero-order valence-electron chi connectivity index (χ0n) is 11.0. The van der Waals surface area contributed by atoms with Crippen molar-refractivity contribution < 1.29 is 4.79 Å². The van der Waals surface area contributed by atoms with E-state index in [9.17, 15) is 4.79 Å². The summed E-state index contributed by atoms with van der Waals surface area (Å²) in [6.45, 7) is 0. The molecule has 0 aromatic heterocycles. The summed E-state index contributed by atoms with van der Waals surface area (Å²) in [5, 5.41) is 3.27. The van der Waals surface area contributed by atoms with E-state index in [1.165, 1.54) is 70.6 Å². The number of rotatable bonds is 3. The van der Waals surface area contributed by atoms with Crippen LogP contribution >= 0.6 is 0 Å². The molecule has 0 saturated heterocycles. The predicted octanol–water partition coefficient (Wildman–Crippen LogP) is 3.80. The Hall–Kier alpha value is -0.530. The largest absolute Gasteiger partial charge is 0.353 e. The lowest BCUT2D eigenvalue weighted by atomic mass is 9.96. The van der Waals surface area contributed by atoms with Gasteiger partial charge in [0.2, 0.25) is 5.91 Å². The van der Waals surface area contributed by atoms with E-state index >= 15 is 0 Å². The summed E-state index contributed by atoms with van der Waals surface area (Å²) in [5.41, 5.74) is 0. The third-order valence-corrected chi connectivity index (χ3v) is 4.42. The van der Waals surface area contributed by atoms with E-state index in [0.717, 1.165) is 6.42 Å². The van der Waals surface area contributed by atoms with Crippen molar-refractivity contribution in [2.45, 2.75) is 83.1 Å². The lowest BCUT2D eigenvalue weighted by Gasteiger charge is -2.21. The maximum absolute atomic E-state index is 12.0. The molecule has 1 N–H and O–H groups in total. The summed E-state index contributed by atoms with van der Waals surface area (Å²) in [4.78, 5) is 12.0. The fourth-order valence-electron chi connectivity index (χ4n) is 3.36. The summed E-state index contributed by atoms with van der Waals surface area (Å²) in [6, 6.07) is 0.476. The molecule has 2 fully saturated rings. The number of hydrogen-bond acceptors (Lipinski definition) is 1. The minimum absolute atomic E-state index is 0.322. The Morgan fingerprint density at radius 2 is 1.35 bits per heavy atom. The van der Waals surface area contributed by atoms with E-state index in [0.29, 0.717) is 17.9 Å². The van der Waals surface area contributed by atoms with Gasteiger partial charge in [-0.2, -0.15) is 0 Å². The molecule has 2 saturated carbocycles. The Kier molecular flexibility index (Phi) is 5.34. The second kappa shape index (κ2) is 7.03. The smallest absolute Gasteiger partial charge is 0.220 e. The fourth-order valence-corrected chi connectivity index (χ4v) is 3.36. The third-order valence-electron chi connectivity index (χ3n) is 4.42. The number of amides is 1. The van der Waals surface area contributed by atoms with Crippen LogP contribution in [0.2, 0.25) is 0 Å². The summed E-state index contributed by atoms with van der Waals surface area (Å²) in [5.74, 6) is 1.01. The molecule has 17 heavy (non-hydrogen) atoms. The first-order valence-corrected chi connectivity index (χ1v) is 7.64. The van der Waals surface area contributed by atoms with Crippen molar-refractivity contribution in [1.29, 1.82) is 0 Å². The normalized spacial score (nSPS) is 24.2. The Balaban J connectivity index is 1.68. The number of carbonyl (C=O) groups excluding carboxylic acids is 1. The van der Waals surface area contributed by atoms with Crippen LogP contribution in [-0.4, -0.2) is 11.9 Å². The minimum Gasteiger partial charge on any atom is -0.353 e. The molecule has 2 rings (SSSR count). The summed E-state index contributed by atoms with van der Waals surface area (Å²) in [7, 11) is 0. The molecule has 2 nitrogen and oxygen atoms in total. The van der Waals surface area contributed by atoms with Gasteiger partial charge in [-0.1, -0.05) is 44.9 Å². The zero-order valence-corrected chi connectivity index (χ0v) is 11.0. The second-order valence-electron chi connectivity index (χ2n) is 5.96. The number of carbonyl (C=O) groups is 1. The van der Waals surface area contributed by atoms with Crippen LogP contribution in [-0.2, 0) is 4.79 Å². The molecule has 0 radical (unpaired) electrons. The zero-order chi connectivity index (χ0) is 11.9. The summed E-state index contributed by atoms with van der Waals surface area (Å²) >= 11 is 0. The van der Waals surface area contributed by atoms with Gasteiger partial charge in [-0.15, -0.1) is 0 Å². The first-order valence-electron chi connectivity index (χ1n) is 7.64. The monoisotopic (exact) mass is 237 g/mol. The van der Waals surface area contributed by atoms with E-state index in [1.807, 2.05) is 0 Å². The van der Waals surface area contributed by atoms with Crippen LogP contribution < -0.4 is 5.32 Å². The van der Waals surface area contributed by atoms with Crippen LogP contribution in [0.3, 0.4) is 0 Å². The lowest BCUT2D eigenvalue weighted by molar-refractivity contribution is -0.122. The number of nitrogens with one attached hydrogen (secondary N) is 1. The molecule has 2 aliphatic carbocycles. The van der Waals surface area contributed by atoms with Gasteiger partial charge in [0, 0.05) is 12.5 Å². The molecule has 0 aliphatic heterocycles. The van der Waals surface area contributed by atoms with Crippen molar-refractivity contribution in [2.24, 2.45) is 5.92 Å². The Labute approximate surface area is 106 Å². The molecule has 0 unspecified atom stereocenters. The molecule has 2 aliphatic rings. The van der Waals surface area contributed by atoms with Crippen molar-refractivity contribution in [3.63, 3.8) is 0 Å². The Bertz CT molecular complexity index is 225. The van der Waals surface area contributed by atoms with Gasteiger partial charge in [0.05, 0.1) is 0 Å². The maximum Gasteiger partial charge on any atom is 0.220 e. The van der Waals surface area contributed by atoms with E-state index in [1.54, 1.807) is 0 Å². The molecule has 98 valence electrons. The molecule has 0 spiro atoms. The highest BCUT2D eigenvalue weighted by molar-refractivity contribution is 5.76. The van der Waals surface area contributed by atoms with Crippen LogP contribution in [0.1, 0.15) is 77.0 Å². The van der Waals surface area contributed by atoms with Crippen LogP contribution in [0.25, 0.3) is 0 Å². The Morgan fingerprint density at radius 3 is 2.00 bits per heavy atom. The first kappa shape index (κ1) is 12.9. The minimum atomic E-state index is 0.322. The lowest BCUT2D eigenvalue weighted by Crippen LogP contribution is -2.36. The van der Waals surface area contributed by atoms with Gasteiger partial charge in [0.15, 0.2) is 0 Å². The molecule has 1 amide bonds. The molecule has 0 bridgehead atoms. The molecule has 0 aromatic rings. The maximum atomic E-state index is 12.0. The van der Waals surface area contributed by atoms with Crippen LogP contribution in [0.4, 0.5) is 0 Å². The van der Waals surface area contributed by atoms with Crippen molar-refractivity contribution in [3.05, 3.63) is 0 Å². The van der Waals surface area contributed by atoms with Crippen molar-refractivity contribution >= 4 is 5.91 Å². The van der Waals surface area contributed by atoms with Gasteiger partial charge in [-0.05, 0) is 31.6 Å². The summed E-state index contributed by atoms with van der Waals surface area (Å²) < 4.78 is 0. The highest BCUT2D eigenvalue weighted by atomic mass is 16.1. The van der Waals surface area contributed by atoms with E-state index in [2.05, 4.69) is 5.32 Å². The molecular formula is C15H27NO. The quantitative estimate of drug-likeness (QED) is 0.795. The summed E-state index contributed by atoms with van der Waals surface area (Å²) in [6.07, 6.45) is 15.1. The highest BCUT2D eigenvalue weighted by Gasteiger charge is 2.20.